The minimum atomic E-state index is 0.508. The highest BCUT2D eigenvalue weighted by atomic mass is 16.5. The van der Waals surface area contributed by atoms with E-state index in [2.05, 4.69) is 15.1 Å². The number of benzene rings is 1. The lowest BCUT2D eigenvalue weighted by Gasteiger charge is -2.07. The molecule has 18 heavy (non-hydrogen) atoms. The summed E-state index contributed by atoms with van der Waals surface area (Å²) in [7, 11) is 0. The van der Waals surface area contributed by atoms with Crippen LogP contribution in [0, 0.1) is 6.92 Å². The van der Waals surface area contributed by atoms with Crippen LogP contribution in [0.5, 0.6) is 11.6 Å². The molecule has 6 heteroatoms. The molecule has 2 aromatic heterocycles. The van der Waals surface area contributed by atoms with Gasteiger partial charge in [0.2, 0.25) is 5.88 Å². The predicted octanol–water partition coefficient (Wildman–Crippen LogP) is 1.81. The van der Waals surface area contributed by atoms with Crippen molar-refractivity contribution in [1.82, 2.24) is 19.6 Å². The van der Waals surface area contributed by atoms with Gasteiger partial charge in [-0.3, -0.25) is 0 Å². The number of rotatable bonds is 2. The van der Waals surface area contributed by atoms with Crippen LogP contribution in [-0.4, -0.2) is 19.6 Å². The van der Waals surface area contributed by atoms with Crippen LogP contribution in [-0.2, 0) is 0 Å². The van der Waals surface area contributed by atoms with Crippen LogP contribution >= 0.6 is 0 Å². The summed E-state index contributed by atoms with van der Waals surface area (Å²) in [5, 5.41) is 4.07. The molecule has 6 nitrogen and oxygen atoms in total. The second-order valence-electron chi connectivity index (χ2n) is 3.88. The molecule has 0 amide bonds. The minimum absolute atomic E-state index is 0.508. The molecule has 0 saturated carbocycles. The Kier molecular flexibility index (Phi) is 2.33. The van der Waals surface area contributed by atoms with Gasteiger partial charge in [-0.2, -0.15) is 14.6 Å². The van der Waals surface area contributed by atoms with Crippen molar-refractivity contribution in [2.24, 2.45) is 0 Å². The van der Waals surface area contributed by atoms with Crippen molar-refractivity contribution in [1.29, 1.82) is 0 Å². The summed E-state index contributed by atoms with van der Waals surface area (Å²) in [6.07, 6.45) is 1.44. The van der Waals surface area contributed by atoms with Crippen molar-refractivity contribution in [2.75, 3.05) is 5.73 Å². The summed E-state index contributed by atoms with van der Waals surface area (Å²) < 4.78 is 7.29. The molecule has 0 saturated heterocycles. The molecule has 3 aromatic rings. The lowest BCUT2D eigenvalue weighted by Crippen LogP contribution is -1.99. The zero-order chi connectivity index (χ0) is 12.5. The third kappa shape index (κ3) is 1.84. The van der Waals surface area contributed by atoms with E-state index in [0.29, 0.717) is 23.1 Å². The lowest BCUT2D eigenvalue weighted by atomic mass is 10.3. The number of fused-ring (bicyclic) bond motifs is 1. The second kappa shape index (κ2) is 3.99. The maximum atomic E-state index is 5.75. The Morgan fingerprint density at radius 1 is 1.28 bits per heavy atom. The maximum Gasteiger partial charge on any atom is 0.255 e. The van der Waals surface area contributed by atoms with Crippen molar-refractivity contribution >= 4 is 11.5 Å². The fraction of sp³-hybridized carbons (Fsp3) is 0.0833. The van der Waals surface area contributed by atoms with E-state index < -0.39 is 0 Å². The Labute approximate surface area is 103 Å². The van der Waals surface area contributed by atoms with Crippen LogP contribution in [0.4, 0.5) is 5.69 Å². The van der Waals surface area contributed by atoms with E-state index in [9.17, 15) is 0 Å². The van der Waals surface area contributed by atoms with Gasteiger partial charge in [-0.15, -0.1) is 0 Å². The van der Waals surface area contributed by atoms with E-state index >= 15 is 0 Å². The van der Waals surface area contributed by atoms with Gasteiger partial charge in [0.05, 0.1) is 0 Å². The van der Waals surface area contributed by atoms with Crippen molar-refractivity contribution in [3.8, 4) is 11.6 Å². The summed E-state index contributed by atoms with van der Waals surface area (Å²) >= 11 is 0. The Morgan fingerprint density at radius 2 is 2.17 bits per heavy atom. The number of hydrogen-bond acceptors (Lipinski definition) is 5. The highest BCUT2D eigenvalue weighted by molar-refractivity contribution is 5.45. The molecule has 0 bridgehead atoms. The Balaban J connectivity index is 2.06. The first-order valence-electron chi connectivity index (χ1n) is 5.43. The van der Waals surface area contributed by atoms with Gasteiger partial charge in [0, 0.05) is 23.5 Å². The maximum absolute atomic E-state index is 5.75. The molecule has 3 rings (SSSR count). The fourth-order valence-electron chi connectivity index (χ4n) is 1.67. The molecule has 2 heterocycles. The first-order chi connectivity index (χ1) is 8.72. The van der Waals surface area contributed by atoms with E-state index in [1.807, 2.05) is 19.1 Å². The van der Waals surface area contributed by atoms with Crippen LogP contribution < -0.4 is 10.5 Å². The number of nitrogens with two attached hydrogens (primary N) is 1. The van der Waals surface area contributed by atoms with Gasteiger partial charge in [-0.05, 0) is 19.1 Å². The van der Waals surface area contributed by atoms with E-state index in [0.717, 1.165) is 5.69 Å². The van der Waals surface area contributed by atoms with Crippen molar-refractivity contribution in [3.05, 3.63) is 42.4 Å². The smallest absolute Gasteiger partial charge is 0.255 e. The van der Waals surface area contributed by atoms with Crippen molar-refractivity contribution < 1.29 is 4.74 Å². The van der Waals surface area contributed by atoms with E-state index in [1.165, 1.54) is 10.8 Å². The Morgan fingerprint density at radius 3 is 3.00 bits per heavy atom. The molecule has 0 aliphatic heterocycles. The fourth-order valence-corrected chi connectivity index (χ4v) is 1.67. The molecular weight excluding hydrogens is 230 g/mol. The number of nitrogens with zero attached hydrogens (tertiary/aromatic N) is 4. The van der Waals surface area contributed by atoms with Crippen molar-refractivity contribution in [3.63, 3.8) is 0 Å². The van der Waals surface area contributed by atoms with Crippen LogP contribution in [0.3, 0.4) is 0 Å². The molecule has 0 spiro atoms. The number of nitrogen functional groups attached to an aromatic ring is 1. The molecular formula is C12H11N5O. The molecule has 0 aliphatic carbocycles. The number of aryl methyl sites for hydroxylation is 1. The van der Waals surface area contributed by atoms with Gasteiger partial charge < -0.3 is 10.5 Å². The van der Waals surface area contributed by atoms with Gasteiger partial charge in [0.25, 0.3) is 5.78 Å². The third-order valence-corrected chi connectivity index (χ3v) is 2.43. The Bertz CT molecular complexity index is 707. The van der Waals surface area contributed by atoms with E-state index in [1.54, 1.807) is 18.2 Å². The summed E-state index contributed by atoms with van der Waals surface area (Å²) in [4.78, 5) is 8.28. The largest absolute Gasteiger partial charge is 0.439 e. The molecule has 0 atom stereocenters. The molecule has 0 fully saturated rings. The minimum Gasteiger partial charge on any atom is -0.439 e. The van der Waals surface area contributed by atoms with Crippen LogP contribution in [0.15, 0.2) is 36.7 Å². The SMILES string of the molecule is Cc1cc(Oc2cccc(N)c2)n2ncnc2n1. The molecule has 0 unspecified atom stereocenters. The highest BCUT2D eigenvalue weighted by Gasteiger charge is 2.07. The van der Waals surface area contributed by atoms with Gasteiger partial charge in [-0.1, -0.05) is 6.07 Å². The zero-order valence-electron chi connectivity index (χ0n) is 9.74. The topological polar surface area (TPSA) is 78.3 Å². The Hall–Kier alpha value is -2.63. The van der Waals surface area contributed by atoms with E-state index in [-0.39, 0.29) is 0 Å². The predicted molar refractivity (Wildman–Crippen MR) is 66.4 cm³/mol. The van der Waals surface area contributed by atoms with Gasteiger partial charge in [0.15, 0.2) is 0 Å². The standard InChI is InChI=1S/C12H11N5O/c1-8-5-11(17-12(16-8)14-7-15-17)18-10-4-2-3-9(13)6-10/h2-7H,13H2,1H3. The number of anilines is 1. The lowest BCUT2D eigenvalue weighted by molar-refractivity contribution is 0.445. The monoisotopic (exact) mass is 241 g/mol. The number of hydrogen-bond donors (Lipinski definition) is 1. The molecule has 1 aromatic carbocycles. The summed E-state index contributed by atoms with van der Waals surface area (Å²) in [6, 6.07) is 9.01. The van der Waals surface area contributed by atoms with Crippen molar-refractivity contribution in [2.45, 2.75) is 6.92 Å². The summed E-state index contributed by atoms with van der Waals surface area (Å²) in [6.45, 7) is 1.88. The second-order valence-corrected chi connectivity index (χ2v) is 3.88. The van der Waals surface area contributed by atoms with Crippen LogP contribution in [0.2, 0.25) is 0 Å². The molecule has 90 valence electrons. The quantitative estimate of drug-likeness (QED) is 0.692. The molecule has 0 radical (unpaired) electrons. The zero-order valence-corrected chi connectivity index (χ0v) is 9.74. The average Bonchev–Trinajstić information content (AvgIpc) is 2.77. The normalized spacial score (nSPS) is 10.7. The van der Waals surface area contributed by atoms with Gasteiger partial charge in [0.1, 0.15) is 12.1 Å². The number of aromatic nitrogens is 4. The summed E-state index contributed by atoms with van der Waals surface area (Å²) in [5.74, 6) is 1.71. The number of ether oxygens (including phenoxy) is 1. The highest BCUT2D eigenvalue weighted by Crippen LogP contribution is 2.23. The summed E-state index contributed by atoms with van der Waals surface area (Å²) in [5.41, 5.74) is 7.17. The van der Waals surface area contributed by atoms with Crippen LogP contribution in [0.1, 0.15) is 5.69 Å². The third-order valence-electron chi connectivity index (χ3n) is 2.43. The van der Waals surface area contributed by atoms with Gasteiger partial charge in [-0.25, -0.2) is 4.98 Å². The average molecular weight is 241 g/mol. The first-order valence-corrected chi connectivity index (χ1v) is 5.43. The molecule has 2 N–H and O–H groups in total. The van der Waals surface area contributed by atoms with Crippen LogP contribution in [0.25, 0.3) is 5.78 Å². The van der Waals surface area contributed by atoms with Gasteiger partial charge >= 0.3 is 0 Å². The van der Waals surface area contributed by atoms with E-state index in [4.69, 9.17) is 10.5 Å². The first kappa shape index (κ1) is 10.5. The molecule has 0 aliphatic rings.